The van der Waals surface area contributed by atoms with Crippen molar-refractivity contribution in [3.63, 3.8) is 0 Å². The number of carbonyl (C=O) groups is 1. The Morgan fingerprint density at radius 3 is 1.81 bits per heavy atom. The van der Waals surface area contributed by atoms with Crippen molar-refractivity contribution in [1.82, 2.24) is 5.32 Å². The minimum atomic E-state index is -1.85. The van der Waals surface area contributed by atoms with Gasteiger partial charge in [0, 0.05) is 6.92 Å². The molecule has 3 aliphatic heterocycles. The fourth-order valence-electron chi connectivity index (χ4n) is 4.40. The van der Waals surface area contributed by atoms with Gasteiger partial charge in [-0.2, -0.15) is 0 Å². The molecule has 0 bridgehead atoms. The predicted molar refractivity (Wildman–Crippen MR) is 111 cm³/mol. The Hall–Kier alpha value is -1.09. The highest BCUT2D eigenvalue weighted by Gasteiger charge is 2.54. The maximum Gasteiger partial charge on any atom is 0.217 e. The van der Waals surface area contributed by atoms with E-state index in [4.69, 9.17) is 23.7 Å². The molecule has 0 aromatic heterocycles. The molecule has 3 fully saturated rings. The molecule has 210 valence electrons. The fraction of sp³-hybridized carbons (Fsp3) is 0.950. The van der Waals surface area contributed by atoms with Gasteiger partial charge in [-0.3, -0.25) is 4.79 Å². The maximum absolute atomic E-state index is 11.8. The van der Waals surface area contributed by atoms with Gasteiger partial charge in [0.1, 0.15) is 67.1 Å². The quantitative estimate of drug-likeness (QED) is 0.147. The maximum atomic E-state index is 11.8. The molecule has 0 aliphatic carbocycles. The van der Waals surface area contributed by atoms with Gasteiger partial charge in [-0.05, 0) is 6.92 Å². The van der Waals surface area contributed by atoms with E-state index in [1.165, 1.54) is 6.92 Å². The molecule has 0 saturated carbocycles. The summed E-state index contributed by atoms with van der Waals surface area (Å²) in [6.07, 6.45) is -22.0. The van der Waals surface area contributed by atoms with Crippen molar-refractivity contribution >= 4 is 5.91 Å². The minimum absolute atomic E-state index is 0.640. The molecule has 10 N–H and O–H groups in total. The first-order chi connectivity index (χ1) is 16.9. The molecule has 0 aromatic carbocycles. The SMILES string of the molecule is CC(=O)N[C@H]1[C@@H](O[C@@H]2O[C@H](C)[C@@H](O)[C@H](O)[C@@H]2O)[C@@H](O[C@H]2O[C@@H](CO)[C@@H](O)[C@@H](O)[C@H]2O)[C@@H](CO)O[C@H]1O. The lowest BCUT2D eigenvalue weighted by atomic mass is 9.94. The molecular weight excluding hydrogens is 494 g/mol. The van der Waals surface area contributed by atoms with Crippen LogP contribution in [-0.2, 0) is 28.5 Å². The van der Waals surface area contributed by atoms with Crippen molar-refractivity contribution in [3.8, 4) is 0 Å². The van der Waals surface area contributed by atoms with Crippen molar-refractivity contribution in [2.75, 3.05) is 13.2 Å². The van der Waals surface area contributed by atoms with Gasteiger partial charge in [-0.1, -0.05) is 0 Å². The zero-order valence-electron chi connectivity index (χ0n) is 19.5. The third-order valence-corrected chi connectivity index (χ3v) is 6.45. The van der Waals surface area contributed by atoms with Gasteiger partial charge in [-0.15, -0.1) is 0 Å². The summed E-state index contributed by atoms with van der Waals surface area (Å²) in [4.78, 5) is 11.8. The van der Waals surface area contributed by atoms with Crippen LogP contribution in [0.15, 0.2) is 0 Å². The average Bonchev–Trinajstić information content (AvgIpc) is 2.84. The Kier molecular flexibility index (Phi) is 9.97. The van der Waals surface area contributed by atoms with Crippen LogP contribution in [0, 0.1) is 0 Å². The lowest BCUT2D eigenvalue weighted by Crippen LogP contribution is -2.69. The number of hydrogen-bond donors (Lipinski definition) is 10. The second kappa shape index (κ2) is 12.2. The second-order valence-electron chi connectivity index (χ2n) is 9.05. The van der Waals surface area contributed by atoms with E-state index in [2.05, 4.69) is 5.32 Å². The molecule has 0 radical (unpaired) electrons. The van der Waals surface area contributed by atoms with E-state index >= 15 is 0 Å². The van der Waals surface area contributed by atoms with Crippen molar-refractivity contribution in [1.29, 1.82) is 0 Å². The lowest BCUT2D eigenvalue weighted by Gasteiger charge is -2.49. The van der Waals surface area contributed by atoms with E-state index in [0.29, 0.717) is 0 Å². The van der Waals surface area contributed by atoms with Crippen LogP contribution >= 0.6 is 0 Å². The summed E-state index contributed by atoms with van der Waals surface area (Å²) in [5.74, 6) is -0.640. The molecule has 16 nitrogen and oxygen atoms in total. The highest BCUT2D eigenvalue weighted by Crippen LogP contribution is 2.32. The second-order valence-corrected chi connectivity index (χ2v) is 9.05. The molecule has 3 aliphatic rings. The smallest absolute Gasteiger partial charge is 0.217 e. The zero-order valence-corrected chi connectivity index (χ0v) is 19.5. The van der Waals surface area contributed by atoms with Gasteiger partial charge < -0.3 is 75.0 Å². The number of hydrogen-bond acceptors (Lipinski definition) is 15. The lowest BCUT2D eigenvalue weighted by molar-refractivity contribution is -0.370. The number of aliphatic hydroxyl groups excluding tert-OH is 9. The molecule has 36 heavy (non-hydrogen) atoms. The predicted octanol–water partition coefficient (Wildman–Crippen LogP) is -6.40. The van der Waals surface area contributed by atoms with E-state index in [-0.39, 0.29) is 0 Å². The fourth-order valence-corrected chi connectivity index (χ4v) is 4.40. The molecule has 3 heterocycles. The van der Waals surface area contributed by atoms with E-state index in [9.17, 15) is 50.8 Å². The molecule has 0 aromatic rings. The normalized spacial score (nSPS) is 50.0. The van der Waals surface area contributed by atoms with E-state index in [0.717, 1.165) is 6.92 Å². The van der Waals surface area contributed by atoms with Crippen molar-refractivity contribution < 1.29 is 74.4 Å². The van der Waals surface area contributed by atoms with Crippen LogP contribution in [0.1, 0.15) is 13.8 Å². The van der Waals surface area contributed by atoms with Crippen LogP contribution in [0.5, 0.6) is 0 Å². The summed E-state index contributed by atoms with van der Waals surface area (Å²) in [5.41, 5.74) is 0. The molecular formula is C20H35NO15. The van der Waals surface area contributed by atoms with Crippen molar-refractivity contribution in [2.24, 2.45) is 0 Å². The third-order valence-electron chi connectivity index (χ3n) is 6.45. The van der Waals surface area contributed by atoms with Gasteiger partial charge >= 0.3 is 0 Å². The molecule has 0 spiro atoms. The van der Waals surface area contributed by atoms with E-state index in [1.54, 1.807) is 0 Å². The van der Waals surface area contributed by atoms with Crippen LogP contribution in [0.25, 0.3) is 0 Å². The summed E-state index contributed by atoms with van der Waals surface area (Å²) >= 11 is 0. The summed E-state index contributed by atoms with van der Waals surface area (Å²) in [6.45, 7) is 1.00. The number of rotatable bonds is 7. The summed E-state index contributed by atoms with van der Waals surface area (Å²) in [5, 5.41) is 93.2. The Morgan fingerprint density at radius 2 is 1.25 bits per heavy atom. The largest absolute Gasteiger partial charge is 0.394 e. The summed E-state index contributed by atoms with van der Waals surface area (Å²) < 4.78 is 27.7. The van der Waals surface area contributed by atoms with Crippen LogP contribution < -0.4 is 5.32 Å². The number of ether oxygens (including phenoxy) is 5. The number of amides is 1. The zero-order chi connectivity index (χ0) is 26.9. The third kappa shape index (κ3) is 5.97. The molecule has 1 amide bonds. The summed E-state index contributed by atoms with van der Waals surface area (Å²) in [7, 11) is 0. The van der Waals surface area contributed by atoms with Crippen LogP contribution in [0.2, 0.25) is 0 Å². The highest BCUT2D eigenvalue weighted by atomic mass is 16.7. The molecule has 15 atom stereocenters. The first-order valence-corrected chi connectivity index (χ1v) is 11.4. The monoisotopic (exact) mass is 529 g/mol. The topological polar surface area (TPSA) is 257 Å². The Bertz CT molecular complexity index is 729. The van der Waals surface area contributed by atoms with Gasteiger partial charge in [0.05, 0.1) is 19.3 Å². The van der Waals surface area contributed by atoms with Gasteiger partial charge in [0.15, 0.2) is 18.9 Å². The summed E-state index contributed by atoms with van der Waals surface area (Å²) in [6, 6.07) is -1.41. The minimum Gasteiger partial charge on any atom is -0.394 e. The number of aliphatic hydroxyl groups is 9. The van der Waals surface area contributed by atoms with Gasteiger partial charge in [0.2, 0.25) is 5.91 Å². The molecule has 3 rings (SSSR count). The van der Waals surface area contributed by atoms with Crippen LogP contribution in [-0.4, -0.2) is 157 Å². The Morgan fingerprint density at radius 1 is 0.722 bits per heavy atom. The molecule has 16 heteroatoms. The van der Waals surface area contributed by atoms with Crippen LogP contribution in [0.3, 0.4) is 0 Å². The Balaban J connectivity index is 1.92. The van der Waals surface area contributed by atoms with Crippen molar-refractivity contribution in [3.05, 3.63) is 0 Å². The molecule has 3 saturated heterocycles. The van der Waals surface area contributed by atoms with E-state index in [1.807, 2.05) is 0 Å². The number of carbonyl (C=O) groups excluding carboxylic acids is 1. The first-order valence-electron chi connectivity index (χ1n) is 11.4. The van der Waals surface area contributed by atoms with E-state index < -0.39 is 111 Å². The van der Waals surface area contributed by atoms with Crippen molar-refractivity contribution in [2.45, 2.75) is 106 Å². The molecule has 0 unspecified atom stereocenters. The standard InChI is InChI=1S/C20H35NO15/c1-5-10(25)12(27)14(29)19(32-5)36-17-9(21-6(2)24)18(31)33-8(4-23)16(17)35-20-15(30)13(28)11(26)7(3-22)34-20/h5,7-20,22-23,25-31H,3-4H2,1-2H3,(H,21,24)/t5-,7+,8-,9+,10-,11-,12+,13-,14+,15-,16+,17-,18-,19+,20-/m1/s1. The first kappa shape index (κ1) is 29.5. The van der Waals surface area contributed by atoms with Gasteiger partial charge in [0.25, 0.3) is 0 Å². The number of nitrogens with one attached hydrogen (secondary N) is 1. The van der Waals surface area contributed by atoms with Crippen LogP contribution in [0.4, 0.5) is 0 Å². The van der Waals surface area contributed by atoms with Gasteiger partial charge in [-0.25, -0.2) is 0 Å². The average molecular weight is 529 g/mol. The Labute approximate surface area is 205 Å². The highest BCUT2D eigenvalue weighted by molar-refractivity contribution is 5.73.